The summed E-state index contributed by atoms with van der Waals surface area (Å²) in [6, 6.07) is 8.23. The predicted octanol–water partition coefficient (Wildman–Crippen LogP) is 3.92. The Balaban J connectivity index is 1.80. The number of aryl methyl sites for hydroxylation is 1. The number of hydrogen-bond acceptors (Lipinski definition) is 4. The number of rotatable bonds is 6. The maximum atomic E-state index is 13.8. The summed E-state index contributed by atoms with van der Waals surface area (Å²) in [6.07, 6.45) is 1.55. The van der Waals surface area contributed by atoms with E-state index in [1.807, 2.05) is 0 Å². The van der Waals surface area contributed by atoms with Crippen LogP contribution in [0.5, 0.6) is 5.75 Å². The highest BCUT2D eigenvalue weighted by Gasteiger charge is 2.15. The molecule has 0 aliphatic carbocycles. The minimum Gasteiger partial charge on any atom is -0.487 e. The van der Waals surface area contributed by atoms with Gasteiger partial charge in [0.2, 0.25) is 0 Å². The van der Waals surface area contributed by atoms with E-state index in [2.05, 4.69) is 20.9 Å². The maximum Gasteiger partial charge on any atom is 0.271 e. The fourth-order valence-corrected chi connectivity index (χ4v) is 3.31. The zero-order valence-electron chi connectivity index (χ0n) is 17.2. The third kappa shape index (κ3) is 5.16. The molecule has 31 heavy (non-hydrogen) atoms. The summed E-state index contributed by atoms with van der Waals surface area (Å²) in [7, 11) is 3.29. The van der Waals surface area contributed by atoms with E-state index >= 15 is 0 Å². The second-order valence-corrected chi connectivity index (χ2v) is 7.92. The van der Waals surface area contributed by atoms with Crippen molar-refractivity contribution in [3.63, 3.8) is 0 Å². The Kier molecular flexibility index (Phi) is 6.84. The highest BCUT2D eigenvalue weighted by molar-refractivity contribution is 9.10. The van der Waals surface area contributed by atoms with Crippen LogP contribution in [0.2, 0.25) is 0 Å². The second-order valence-electron chi connectivity index (χ2n) is 7.13. The molecule has 0 N–H and O–H groups in total. The van der Waals surface area contributed by atoms with Crippen LogP contribution in [0, 0.1) is 18.6 Å². The van der Waals surface area contributed by atoms with Crippen molar-refractivity contribution in [3.8, 4) is 5.75 Å². The quantitative estimate of drug-likeness (QED) is 0.524. The van der Waals surface area contributed by atoms with Gasteiger partial charge in [-0.05, 0) is 46.6 Å². The van der Waals surface area contributed by atoms with E-state index in [1.165, 1.54) is 15.5 Å². The van der Waals surface area contributed by atoms with Crippen LogP contribution in [0.1, 0.15) is 27.3 Å². The van der Waals surface area contributed by atoms with E-state index in [0.29, 0.717) is 11.4 Å². The Morgan fingerprint density at radius 1 is 1.19 bits per heavy atom. The molecule has 9 heteroatoms. The summed E-state index contributed by atoms with van der Waals surface area (Å²) in [5.74, 6) is -1.34. The largest absolute Gasteiger partial charge is 0.487 e. The van der Waals surface area contributed by atoms with E-state index in [4.69, 9.17) is 4.74 Å². The van der Waals surface area contributed by atoms with Gasteiger partial charge in [0.1, 0.15) is 34.2 Å². The van der Waals surface area contributed by atoms with Gasteiger partial charge in [0, 0.05) is 43.7 Å². The lowest BCUT2D eigenvalue weighted by Crippen LogP contribution is -2.25. The predicted molar refractivity (Wildman–Crippen MR) is 115 cm³/mol. The highest BCUT2D eigenvalue weighted by atomic mass is 79.9. The van der Waals surface area contributed by atoms with Gasteiger partial charge in [-0.1, -0.05) is 6.07 Å². The molecule has 0 radical (unpaired) electrons. The zero-order chi connectivity index (χ0) is 22.7. The fourth-order valence-electron chi connectivity index (χ4n) is 2.87. The van der Waals surface area contributed by atoms with Crippen molar-refractivity contribution in [2.24, 2.45) is 0 Å². The minimum absolute atomic E-state index is 0.154. The normalized spacial score (nSPS) is 10.8. The lowest BCUT2D eigenvalue weighted by atomic mass is 10.2. The molecule has 3 aromatic rings. The van der Waals surface area contributed by atoms with Crippen molar-refractivity contribution in [2.75, 3.05) is 14.1 Å². The first kappa shape index (κ1) is 22.6. The highest BCUT2D eigenvalue weighted by Crippen LogP contribution is 2.24. The Morgan fingerprint density at radius 2 is 1.94 bits per heavy atom. The molecule has 1 aromatic carbocycles. The number of aromatic nitrogens is 2. The average molecular weight is 492 g/mol. The molecule has 0 aliphatic heterocycles. The van der Waals surface area contributed by atoms with E-state index in [1.54, 1.807) is 45.4 Å². The van der Waals surface area contributed by atoms with Gasteiger partial charge in [-0.25, -0.2) is 8.78 Å². The molecule has 0 aliphatic rings. The van der Waals surface area contributed by atoms with Crippen LogP contribution in [-0.4, -0.2) is 34.5 Å². The van der Waals surface area contributed by atoms with E-state index in [-0.39, 0.29) is 40.4 Å². The van der Waals surface area contributed by atoms with Crippen LogP contribution in [-0.2, 0) is 13.2 Å². The molecule has 2 heterocycles. The number of halogens is 3. The van der Waals surface area contributed by atoms with E-state index in [9.17, 15) is 18.4 Å². The van der Waals surface area contributed by atoms with Gasteiger partial charge in [0.05, 0.1) is 6.54 Å². The third-order valence-electron chi connectivity index (χ3n) is 4.60. The van der Waals surface area contributed by atoms with Crippen LogP contribution >= 0.6 is 15.9 Å². The smallest absolute Gasteiger partial charge is 0.271 e. The van der Waals surface area contributed by atoms with Crippen molar-refractivity contribution in [1.82, 2.24) is 14.5 Å². The van der Waals surface area contributed by atoms with Crippen molar-refractivity contribution in [2.45, 2.75) is 20.1 Å². The van der Waals surface area contributed by atoms with Crippen LogP contribution in [0.25, 0.3) is 0 Å². The fraction of sp³-hybridized carbons (Fsp3) is 0.227. The second kappa shape index (κ2) is 9.38. The number of hydrogen-bond donors (Lipinski definition) is 0. The van der Waals surface area contributed by atoms with Crippen molar-refractivity contribution in [1.29, 1.82) is 0 Å². The number of nitrogens with zero attached hydrogens (tertiary/aromatic N) is 3. The molecular weight excluding hydrogens is 472 g/mol. The number of carbonyl (C=O) groups is 1. The molecule has 0 saturated carbocycles. The number of pyridine rings is 2. The molecular formula is C22H20BrF2N3O3. The molecule has 3 rings (SSSR count). The van der Waals surface area contributed by atoms with Crippen LogP contribution in [0.4, 0.5) is 8.78 Å². The molecule has 6 nitrogen and oxygen atoms in total. The molecule has 0 bridgehead atoms. The van der Waals surface area contributed by atoms with Gasteiger partial charge in [-0.3, -0.25) is 14.6 Å². The first-order chi connectivity index (χ1) is 14.7. The Hall–Kier alpha value is -3.07. The summed E-state index contributed by atoms with van der Waals surface area (Å²) >= 11 is 3.25. The lowest BCUT2D eigenvalue weighted by molar-refractivity contribution is 0.0822. The SMILES string of the molecule is Cc1cc(OCc2ccc(F)cc2F)c(Br)c(=O)n1Cc1ccc(C(=O)N(C)C)nc1. The van der Waals surface area contributed by atoms with E-state index in [0.717, 1.165) is 17.7 Å². The first-order valence-corrected chi connectivity index (χ1v) is 10.1. The Labute approximate surface area is 186 Å². The molecule has 1 amide bonds. The topological polar surface area (TPSA) is 64.4 Å². The number of amides is 1. The number of ether oxygens (including phenoxy) is 1. The van der Waals surface area contributed by atoms with Crippen LogP contribution < -0.4 is 10.3 Å². The summed E-state index contributed by atoms with van der Waals surface area (Å²) < 4.78 is 34.2. The summed E-state index contributed by atoms with van der Waals surface area (Å²) in [6.45, 7) is 1.84. The van der Waals surface area contributed by atoms with Crippen molar-refractivity contribution >= 4 is 21.8 Å². The van der Waals surface area contributed by atoms with Gasteiger partial charge in [-0.2, -0.15) is 0 Å². The van der Waals surface area contributed by atoms with E-state index < -0.39 is 11.6 Å². The first-order valence-electron chi connectivity index (χ1n) is 9.30. The molecule has 0 unspecified atom stereocenters. The molecule has 0 fully saturated rings. The zero-order valence-corrected chi connectivity index (χ0v) is 18.7. The molecule has 0 spiro atoms. The van der Waals surface area contributed by atoms with Crippen molar-refractivity contribution in [3.05, 3.63) is 91.6 Å². The molecule has 0 saturated heterocycles. The average Bonchev–Trinajstić information content (AvgIpc) is 2.73. The number of carbonyl (C=O) groups excluding carboxylic acids is 1. The monoisotopic (exact) mass is 491 g/mol. The summed E-state index contributed by atoms with van der Waals surface area (Å²) in [4.78, 5) is 30.4. The summed E-state index contributed by atoms with van der Waals surface area (Å²) in [5, 5.41) is 0. The van der Waals surface area contributed by atoms with Gasteiger partial charge in [0.15, 0.2) is 0 Å². The van der Waals surface area contributed by atoms with Crippen LogP contribution in [0.15, 0.2) is 51.9 Å². The molecule has 2 aromatic heterocycles. The third-order valence-corrected chi connectivity index (χ3v) is 5.33. The van der Waals surface area contributed by atoms with Gasteiger partial charge in [-0.15, -0.1) is 0 Å². The molecule has 0 atom stereocenters. The minimum atomic E-state index is -0.718. The van der Waals surface area contributed by atoms with Gasteiger partial charge >= 0.3 is 0 Å². The Bertz CT molecular complexity index is 1180. The van der Waals surface area contributed by atoms with Crippen molar-refractivity contribution < 1.29 is 18.3 Å². The standard InChI is InChI=1S/C22H20BrF2N3O3/c1-13-8-19(31-12-15-5-6-16(24)9-17(15)25)20(23)22(30)28(13)11-14-4-7-18(26-10-14)21(29)27(2)3/h4-10H,11-12H2,1-3H3. The maximum absolute atomic E-state index is 13.8. The van der Waals surface area contributed by atoms with Crippen LogP contribution in [0.3, 0.4) is 0 Å². The summed E-state index contributed by atoms with van der Waals surface area (Å²) in [5.41, 5.74) is 1.53. The van der Waals surface area contributed by atoms with Gasteiger partial charge < -0.3 is 14.2 Å². The Morgan fingerprint density at radius 3 is 2.55 bits per heavy atom. The van der Waals surface area contributed by atoms with Gasteiger partial charge in [0.25, 0.3) is 11.5 Å². The number of benzene rings is 1. The lowest BCUT2D eigenvalue weighted by Gasteiger charge is -2.15. The molecule has 162 valence electrons.